The van der Waals surface area contributed by atoms with Crippen LogP contribution in [0, 0.1) is 5.41 Å². The molecule has 0 radical (unpaired) electrons. The molecule has 5 rings (SSSR count). The number of urea groups is 1. The molecule has 1 saturated heterocycles. The number of benzene rings is 2. The van der Waals surface area contributed by atoms with Gasteiger partial charge in [0.25, 0.3) is 5.91 Å². The van der Waals surface area contributed by atoms with Gasteiger partial charge in [-0.3, -0.25) is 9.78 Å². The van der Waals surface area contributed by atoms with Crippen LogP contribution in [0.5, 0.6) is 0 Å². The maximum Gasteiger partial charge on any atom is 0.323 e. The van der Waals surface area contributed by atoms with Crippen molar-refractivity contribution in [1.82, 2.24) is 25.2 Å². The minimum atomic E-state index is -0.406. The fourth-order valence-corrected chi connectivity index (χ4v) is 5.34. The maximum atomic E-state index is 12.7. The predicted molar refractivity (Wildman–Crippen MR) is 178 cm³/mol. The lowest BCUT2D eigenvalue weighted by Gasteiger charge is -2.29. The SMILES string of the molecule is CNC(C)C(C(C)=N)c1cnc2c(N3CCOCC3)nc(-c3ccc(NC(=O)Nc4ccc(C(=O)N(C)C)cc4)cc3)nc2c1. The van der Waals surface area contributed by atoms with E-state index in [2.05, 4.69) is 27.8 Å². The summed E-state index contributed by atoms with van der Waals surface area (Å²) in [6.07, 6.45) is 1.83. The number of carbonyl (C=O) groups is 2. The monoisotopic (exact) mass is 609 g/mol. The standard InChI is InChI=1S/C33H39N9O3/c1-20(34)28(21(2)35-3)24-18-27-29(36-19-24)31(42-14-16-45-17-15-42)40-30(39-27)22-6-10-25(11-7-22)37-33(44)38-26-12-8-23(9-13-26)32(43)41(4)5/h6-13,18-19,21,28,34-35H,14-17H2,1-5H3,(H2,37,38,44). The molecule has 2 aromatic heterocycles. The molecule has 2 unspecified atom stereocenters. The molecule has 12 nitrogen and oxygen atoms in total. The first kappa shape index (κ1) is 31.5. The van der Waals surface area contributed by atoms with E-state index in [9.17, 15) is 9.59 Å². The Morgan fingerprint density at radius 1 is 0.978 bits per heavy atom. The van der Waals surface area contributed by atoms with Crippen molar-refractivity contribution in [2.45, 2.75) is 25.8 Å². The molecular formula is C33H39N9O3. The molecule has 1 aliphatic rings. The molecule has 1 fully saturated rings. The zero-order chi connectivity index (χ0) is 32.1. The minimum Gasteiger partial charge on any atom is -0.378 e. The van der Waals surface area contributed by atoms with Gasteiger partial charge in [-0.25, -0.2) is 14.8 Å². The van der Waals surface area contributed by atoms with Gasteiger partial charge in [-0.15, -0.1) is 0 Å². The van der Waals surface area contributed by atoms with Crippen LogP contribution in [0.25, 0.3) is 22.4 Å². The number of carbonyl (C=O) groups excluding carboxylic acids is 2. The maximum absolute atomic E-state index is 12.7. The summed E-state index contributed by atoms with van der Waals surface area (Å²) in [5.41, 5.74) is 5.36. The Morgan fingerprint density at radius 2 is 1.60 bits per heavy atom. The second-order valence-corrected chi connectivity index (χ2v) is 11.3. The minimum absolute atomic E-state index is 0.0469. The lowest BCUT2D eigenvalue weighted by molar-refractivity contribution is 0.0827. The van der Waals surface area contributed by atoms with E-state index >= 15 is 0 Å². The summed E-state index contributed by atoms with van der Waals surface area (Å²) in [6.45, 7) is 6.47. The number of rotatable bonds is 9. The van der Waals surface area contributed by atoms with E-state index in [1.807, 2.05) is 38.4 Å². The summed E-state index contributed by atoms with van der Waals surface area (Å²) in [4.78, 5) is 43.1. The van der Waals surface area contributed by atoms with Crippen molar-refractivity contribution < 1.29 is 14.3 Å². The van der Waals surface area contributed by atoms with Gasteiger partial charge in [0, 0.05) is 73.6 Å². The smallest absolute Gasteiger partial charge is 0.323 e. The average molecular weight is 610 g/mol. The number of anilines is 3. The Labute approximate surface area is 262 Å². The summed E-state index contributed by atoms with van der Waals surface area (Å²) in [5, 5.41) is 17.3. The largest absolute Gasteiger partial charge is 0.378 e. The van der Waals surface area contributed by atoms with E-state index in [-0.39, 0.29) is 17.9 Å². The molecule has 0 bridgehead atoms. The van der Waals surface area contributed by atoms with Crippen LogP contribution in [-0.4, -0.2) is 91.0 Å². The summed E-state index contributed by atoms with van der Waals surface area (Å²) in [5.74, 6) is 1.03. The number of likely N-dealkylation sites (N-methyl/N-ethyl adjacent to an activating group) is 1. The number of aromatic nitrogens is 3. The third-order valence-electron chi connectivity index (χ3n) is 7.83. The van der Waals surface area contributed by atoms with Crippen LogP contribution in [0.15, 0.2) is 60.8 Å². The Morgan fingerprint density at radius 3 is 2.18 bits per heavy atom. The third kappa shape index (κ3) is 7.24. The Hall–Kier alpha value is -4.94. The lowest BCUT2D eigenvalue weighted by Crippen LogP contribution is -2.37. The summed E-state index contributed by atoms with van der Waals surface area (Å²) >= 11 is 0. The third-order valence-corrected chi connectivity index (χ3v) is 7.83. The van der Waals surface area contributed by atoms with Crippen LogP contribution in [0.4, 0.5) is 22.0 Å². The van der Waals surface area contributed by atoms with Gasteiger partial charge in [0.05, 0.1) is 18.7 Å². The summed E-state index contributed by atoms with van der Waals surface area (Å²) < 4.78 is 5.58. The van der Waals surface area contributed by atoms with Crippen molar-refractivity contribution in [3.05, 3.63) is 71.9 Å². The second kappa shape index (κ2) is 13.8. The van der Waals surface area contributed by atoms with Gasteiger partial charge in [-0.05, 0) is 81.1 Å². The number of pyridine rings is 1. The first-order chi connectivity index (χ1) is 21.6. The van der Waals surface area contributed by atoms with Gasteiger partial charge in [0.2, 0.25) is 0 Å². The number of fused-ring (bicyclic) bond motifs is 1. The van der Waals surface area contributed by atoms with Gasteiger partial charge in [0.15, 0.2) is 11.6 Å². The van der Waals surface area contributed by atoms with Crippen molar-refractivity contribution in [2.24, 2.45) is 0 Å². The Balaban J connectivity index is 1.39. The fraction of sp³-hybridized carbons (Fsp3) is 0.333. The van der Waals surface area contributed by atoms with Gasteiger partial charge in [-0.2, -0.15) is 0 Å². The predicted octanol–water partition coefficient (Wildman–Crippen LogP) is 4.61. The highest BCUT2D eigenvalue weighted by Crippen LogP contribution is 2.30. The molecular weight excluding hydrogens is 570 g/mol. The second-order valence-electron chi connectivity index (χ2n) is 11.3. The average Bonchev–Trinajstić information content (AvgIpc) is 3.04. The van der Waals surface area contributed by atoms with Gasteiger partial charge in [-0.1, -0.05) is 0 Å². The first-order valence-corrected chi connectivity index (χ1v) is 14.9. The zero-order valence-corrected chi connectivity index (χ0v) is 26.2. The number of nitrogens with zero attached hydrogens (tertiary/aromatic N) is 5. The Kier molecular flexibility index (Phi) is 9.65. The van der Waals surface area contributed by atoms with Gasteiger partial charge >= 0.3 is 6.03 Å². The molecule has 45 heavy (non-hydrogen) atoms. The Bertz CT molecular complexity index is 1680. The molecule has 1 aliphatic heterocycles. The van der Waals surface area contributed by atoms with Crippen molar-refractivity contribution in [2.75, 3.05) is 63.0 Å². The van der Waals surface area contributed by atoms with Crippen LogP contribution in [-0.2, 0) is 4.74 Å². The highest BCUT2D eigenvalue weighted by atomic mass is 16.5. The van der Waals surface area contributed by atoms with Crippen molar-refractivity contribution in [3.63, 3.8) is 0 Å². The number of nitrogens with one attached hydrogen (secondary N) is 4. The summed E-state index contributed by atoms with van der Waals surface area (Å²) in [7, 11) is 5.27. The molecule has 0 aliphatic carbocycles. The van der Waals surface area contributed by atoms with Gasteiger partial charge < -0.3 is 35.9 Å². The van der Waals surface area contributed by atoms with Crippen molar-refractivity contribution in [3.8, 4) is 11.4 Å². The van der Waals surface area contributed by atoms with Crippen LogP contribution >= 0.6 is 0 Å². The molecule has 0 saturated carbocycles. The van der Waals surface area contributed by atoms with Crippen molar-refractivity contribution in [1.29, 1.82) is 5.41 Å². The molecule has 0 spiro atoms. The van der Waals surface area contributed by atoms with E-state index in [0.717, 1.165) is 16.9 Å². The van der Waals surface area contributed by atoms with E-state index < -0.39 is 6.03 Å². The van der Waals surface area contributed by atoms with Crippen LogP contribution in [0.3, 0.4) is 0 Å². The van der Waals surface area contributed by atoms with E-state index in [1.165, 1.54) is 4.90 Å². The zero-order valence-electron chi connectivity index (χ0n) is 26.2. The molecule has 12 heteroatoms. The van der Waals surface area contributed by atoms with Crippen molar-refractivity contribution >= 4 is 45.9 Å². The number of morpholine rings is 1. The fourth-order valence-electron chi connectivity index (χ4n) is 5.34. The molecule has 4 N–H and O–H groups in total. The quantitative estimate of drug-likeness (QED) is 0.201. The molecule has 3 amide bonds. The normalized spacial score (nSPS) is 14.5. The summed E-state index contributed by atoms with van der Waals surface area (Å²) in [6, 6.07) is 15.7. The van der Waals surface area contributed by atoms with E-state index in [0.29, 0.717) is 65.8 Å². The van der Waals surface area contributed by atoms with E-state index in [4.69, 9.17) is 25.1 Å². The topological polar surface area (TPSA) is 148 Å². The molecule has 234 valence electrons. The van der Waals surface area contributed by atoms with Gasteiger partial charge in [0.1, 0.15) is 5.52 Å². The first-order valence-electron chi connectivity index (χ1n) is 14.9. The lowest BCUT2D eigenvalue weighted by atomic mass is 9.89. The van der Waals surface area contributed by atoms with Crippen LogP contribution in [0.1, 0.15) is 35.7 Å². The highest BCUT2D eigenvalue weighted by Gasteiger charge is 2.24. The van der Waals surface area contributed by atoms with Crippen LogP contribution in [0.2, 0.25) is 0 Å². The highest BCUT2D eigenvalue weighted by molar-refractivity contribution is 6.00. The number of amides is 3. The number of hydrogen-bond donors (Lipinski definition) is 4. The number of ether oxygens (including phenoxy) is 1. The molecule has 3 heterocycles. The number of hydrogen-bond acceptors (Lipinski definition) is 9. The van der Waals surface area contributed by atoms with Crippen LogP contribution < -0.4 is 20.9 Å². The molecule has 2 atom stereocenters. The molecule has 2 aromatic carbocycles. The van der Waals surface area contributed by atoms with E-state index in [1.54, 1.807) is 50.5 Å². The molecule has 4 aromatic rings.